The van der Waals surface area contributed by atoms with E-state index in [-0.39, 0.29) is 19.3 Å². The Labute approximate surface area is 176 Å². The molecule has 1 saturated heterocycles. The van der Waals surface area contributed by atoms with Crippen LogP contribution in [-0.2, 0) is 26.8 Å². The molecule has 2 aromatic carbocycles. The third-order valence-corrected chi connectivity index (χ3v) is 7.42. The Hall–Kier alpha value is -2.16. The number of hydrogen-bond donors (Lipinski definition) is 2. The van der Waals surface area contributed by atoms with Gasteiger partial charge in [0.1, 0.15) is 4.75 Å². The SMILES string of the molecule is O=C(NO)C1(S(=O)c2ccc(-c3ccc(CCCC(F)F)cc3)cc2)CCOCC1. The van der Waals surface area contributed by atoms with Gasteiger partial charge in [0.25, 0.3) is 5.91 Å². The quantitative estimate of drug-likeness (QED) is 0.482. The second-order valence-corrected chi connectivity index (χ2v) is 9.11. The normalized spacial score (nSPS) is 16.9. The van der Waals surface area contributed by atoms with Gasteiger partial charge in [-0.25, -0.2) is 14.3 Å². The van der Waals surface area contributed by atoms with Crippen molar-refractivity contribution >= 4 is 16.7 Å². The molecular formula is C22H25F2NO4S. The largest absolute Gasteiger partial charge is 0.381 e. The molecule has 0 spiro atoms. The number of ether oxygens (including phenoxy) is 1. The van der Waals surface area contributed by atoms with Crippen LogP contribution in [0.25, 0.3) is 11.1 Å². The van der Waals surface area contributed by atoms with Crippen molar-refractivity contribution in [2.24, 2.45) is 0 Å². The van der Waals surface area contributed by atoms with Gasteiger partial charge in [-0.15, -0.1) is 0 Å². The Morgan fingerprint density at radius 3 is 2.17 bits per heavy atom. The number of aryl methyl sites for hydroxylation is 1. The molecule has 1 atom stereocenters. The van der Waals surface area contributed by atoms with Crippen molar-refractivity contribution in [3.8, 4) is 11.1 Å². The Morgan fingerprint density at radius 1 is 1.07 bits per heavy atom. The molecule has 162 valence electrons. The van der Waals surface area contributed by atoms with Crippen LogP contribution in [0.15, 0.2) is 53.4 Å². The first kappa shape index (κ1) is 22.5. The average Bonchev–Trinajstić information content (AvgIpc) is 2.79. The lowest BCUT2D eigenvalue weighted by atomic mass is 9.98. The van der Waals surface area contributed by atoms with Gasteiger partial charge < -0.3 is 4.74 Å². The molecule has 1 unspecified atom stereocenters. The number of rotatable bonds is 8. The number of alkyl halides is 2. The third kappa shape index (κ3) is 5.11. The van der Waals surface area contributed by atoms with Crippen LogP contribution < -0.4 is 5.48 Å². The van der Waals surface area contributed by atoms with Crippen LogP contribution in [0.3, 0.4) is 0 Å². The number of hydrogen-bond acceptors (Lipinski definition) is 4. The Balaban J connectivity index is 1.72. The van der Waals surface area contributed by atoms with Gasteiger partial charge in [0, 0.05) is 24.5 Å². The molecular weight excluding hydrogens is 412 g/mol. The summed E-state index contributed by atoms with van der Waals surface area (Å²) in [5.74, 6) is -0.657. The predicted molar refractivity (Wildman–Crippen MR) is 110 cm³/mol. The summed E-state index contributed by atoms with van der Waals surface area (Å²) in [6.45, 7) is 0.613. The van der Waals surface area contributed by atoms with E-state index in [9.17, 15) is 17.8 Å². The van der Waals surface area contributed by atoms with Gasteiger partial charge in [0.05, 0.1) is 10.8 Å². The topological polar surface area (TPSA) is 75.6 Å². The van der Waals surface area contributed by atoms with E-state index < -0.39 is 27.9 Å². The van der Waals surface area contributed by atoms with Crippen molar-refractivity contribution in [1.29, 1.82) is 0 Å². The second-order valence-electron chi connectivity index (χ2n) is 7.32. The van der Waals surface area contributed by atoms with Crippen LogP contribution in [0, 0.1) is 0 Å². The highest BCUT2D eigenvalue weighted by Crippen LogP contribution is 2.33. The summed E-state index contributed by atoms with van der Waals surface area (Å²) in [7, 11) is -1.65. The highest BCUT2D eigenvalue weighted by molar-refractivity contribution is 7.87. The smallest absolute Gasteiger partial charge is 0.262 e. The Bertz CT molecular complexity index is 866. The van der Waals surface area contributed by atoms with Gasteiger partial charge in [-0.3, -0.25) is 14.2 Å². The number of halogens is 2. The number of carbonyl (C=O) groups is 1. The first-order chi connectivity index (χ1) is 14.5. The first-order valence-electron chi connectivity index (χ1n) is 9.88. The minimum Gasteiger partial charge on any atom is -0.381 e. The van der Waals surface area contributed by atoms with Gasteiger partial charge in [-0.1, -0.05) is 36.4 Å². The lowest BCUT2D eigenvalue weighted by Gasteiger charge is -2.33. The molecule has 0 aliphatic carbocycles. The fourth-order valence-electron chi connectivity index (χ4n) is 3.62. The van der Waals surface area contributed by atoms with E-state index in [1.54, 1.807) is 17.6 Å². The van der Waals surface area contributed by atoms with Crippen LogP contribution in [0.2, 0.25) is 0 Å². The van der Waals surface area contributed by atoms with Gasteiger partial charge in [-0.2, -0.15) is 0 Å². The lowest BCUT2D eigenvalue weighted by Crippen LogP contribution is -2.52. The van der Waals surface area contributed by atoms with Gasteiger partial charge in [0.2, 0.25) is 6.43 Å². The van der Waals surface area contributed by atoms with Crippen molar-refractivity contribution in [2.45, 2.75) is 48.2 Å². The van der Waals surface area contributed by atoms with Crippen LogP contribution in [0.5, 0.6) is 0 Å². The zero-order chi connectivity index (χ0) is 21.6. The number of hydroxylamine groups is 1. The van der Waals surface area contributed by atoms with Crippen molar-refractivity contribution in [3.63, 3.8) is 0 Å². The molecule has 1 amide bonds. The number of carbonyl (C=O) groups excluding carboxylic acids is 1. The summed E-state index contributed by atoms with van der Waals surface area (Å²) < 4.78 is 41.8. The van der Waals surface area contributed by atoms with E-state index in [0.29, 0.717) is 31.0 Å². The summed E-state index contributed by atoms with van der Waals surface area (Å²) >= 11 is 0. The van der Waals surface area contributed by atoms with Crippen molar-refractivity contribution in [1.82, 2.24) is 5.48 Å². The minimum absolute atomic E-state index is 0.0950. The molecule has 8 heteroatoms. The molecule has 0 radical (unpaired) electrons. The summed E-state index contributed by atoms with van der Waals surface area (Å²) in [6, 6.07) is 14.8. The molecule has 2 N–H and O–H groups in total. The predicted octanol–water partition coefficient (Wildman–Crippen LogP) is 4.10. The third-order valence-electron chi connectivity index (χ3n) is 5.41. The van der Waals surface area contributed by atoms with E-state index >= 15 is 0 Å². The maximum atomic E-state index is 13.2. The summed E-state index contributed by atoms with van der Waals surface area (Å²) in [6.07, 6.45) is -0.770. The molecule has 1 fully saturated rings. The second kappa shape index (κ2) is 10.2. The molecule has 0 aromatic heterocycles. The summed E-state index contributed by atoms with van der Waals surface area (Å²) in [5.41, 5.74) is 4.54. The highest BCUT2D eigenvalue weighted by atomic mass is 32.2. The Kier molecular flexibility index (Phi) is 7.69. The fourth-order valence-corrected chi connectivity index (χ4v) is 5.21. The zero-order valence-electron chi connectivity index (χ0n) is 16.5. The zero-order valence-corrected chi connectivity index (χ0v) is 17.3. The highest BCUT2D eigenvalue weighted by Gasteiger charge is 2.46. The van der Waals surface area contributed by atoms with Crippen molar-refractivity contribution in [2.75, 3.05) is 13.2 Å². The molecule has 1 aliphatic rings. The van der Waals surface area contributed by atoms with Crippen LogP contribution in [-0.4, -0.2) is 39.7 Å². The molecule has 1 heterocycles. The van der Waals surface area contributed by atoms with Crippen LogP contribution in [0.4, 0.5) is 8.78 Å². The van der Waals surface area contributed by atoms with Crippen molar-refractivity contribution < 1.29 is 27.7 Å². The van der Waals surface area contributed by atoms with Crippen LogP contribution in [0.1, 0.15) is 31.2 Å². The van der Waals surface area contributed by atoms with E-state index in [1.807, 2.05) is 36.4 Å². The molecule has 5 nitrogen and oxygen atoms in total. The summed E-state index contributed by atoms with van der Waals surface area (Å²) in [4.78, 5) is 12.8. The number of nitrogens with one attached hydrogen (secondary N) is 1. The summed E-state index contributed by atoms with van der Waals surface area (Å²) in [5, 5.41) is 9.13. The molecule has 3 rings (SSSR count). The maximum absolute atomic E-state index is 13.2. The van der Waals surface area contributed by atoms with E-state index in [0.717, 1.165) is 16.7 Å². The van der Waals surface area contributed by atoms with Crippen LogP contribution >= 0.6 is 0 Å². The standard InChI is InChI=1S/C22H25F2NO4S/c23-20(24)3-1-2-16-4-6-17(7-5-16)18-8-10-19(11-9-18)30(28)22(21(26)25-27)12-14-29-15-13-22/h4-11,20,27H,1-3,12-15H2,(H,25,26). The van der Waals surface area contributed by atoms with Gasteiger partial charge in [-0.05, 0) is 54.5 Å². The fraction of sp³-hybridized carbons (Fsp3) is 0.409. The molecule has 1 aliphatic heterocycles. The van der Waals surface area contributed by atoms with Gasteiger partial charge >= 0.3 is 0 Å². The monoisotopic (exact) mass is 437 g/mol. The first-order valence-corrected chi connectivity index (χ1v) is 11.0. The minimum atomic E-state index is -2.27. The van der Waals surface area contributed by atoms with Gasteiger partial charge in [0.15, 0.2) is 0 Å². The lowest BCUT2D eigenvalue weighted by molar-refractivity contribution is -0.134. The van der Waals surface area contributed by atoms with E-state index in [2.05, 4.69) is 0 Å². The Morgan fingerprint density at radius 2 is 1.63 bits per heavy atom. The number of amides is 1. The van der Waals surface area contributed by atoms with E-state index in [4.69, 9.17) is 9.94 Å². The van der Waals surface area contributed by atoms with Crippen molar-refractivity contribution in [3.05, 3.63) is 54.1 Å². The molecule has 2 aromatic rings. The maximum Gasteiger partial charge on any atom is 0.262 e. The molecule has 0 bridgehead atoms. The molecule has 30 heavy (non-hydrogen) atoms. The average molecular weight is 438 g/mol. The number of benzene rings is 2. The van der Waals surface area contributed by atoms with E-state index in [1.165, 1.54) is 0 Å². The molecule has 0 saturated carbocycles.